The molecule has 1 nitrogen and oxygen atoms in total. The van der Waals surface area contributed by atoms with E-state index in [1.165, 1.54) is 12.8 Å². The molecular formula is C11H23N. The highest BCUT2D eigenvalue weighted by atomic mass is 14.7. The molecule has 72 valence electrons. The minimum Gasteiger partial charge on any atom is -0.344 e. The van der Waals surface area contributed by atoms with Gasteiger partial charge in [-0.3, -0.25) is 0 Å². The molecule has 0 aromatic rings. The summed E-state index contributed by atoms with van der Waals surface area (Å²) in [5, 5.41) is 0. The van der Waals surface area contributed by atoms with Gasteiger partial charge in [0.25, 0.3) is 0 Å². The summed E-state index contributed by atoms with van der Waals surface area (Å²) >= 11 is 0. The van der Waals surface area contributed by atoms with Gasteiger partial charge < -0.3 is 6.15 Å². The third-order valence-corrected chi connectivity index (χ3v) is 5.29. The minimum atomic E-state index is 0. The van der Waals surface area contributed by atoms with E-state index in [-0.39, 0.29) is 6.15 Å². The van der Waals surface area contributed by atoms with Crippen LogP contribution < -0.4 is 6.15 Å². The largest absolute Gasteiger partial charge is 0.344 e. The molecule has 1 heteroatoms. The monoisotopic (exact) mass is 169 g/mol. The van der Waals surface area contributed by atoms with Crippen molar-refractivity contribution in [2.75, 3.05) is 0 Å². The second-order valence-corrected chi connectivity index (χ2v) is 6.03. The van der Waals surface area contributed by atoms with Crippen LogP contribution in [0.5, 0.6) is 0 Å². The molecule has 0 amide bonds. The van der Waals surface area contributed by atoms with Gasteiger partial charge in [-0.25, -0.2) is 0 Å². The summed E-state index contributed by atoms with van der Waals surface area (Å²) in [6.45, 7) is 12.3. The molecule has 2 unspecified atom stereocenters. The van der Waals surface area contributed by atoms with E-state index in [4.69, 9.17) is 0 Å². The first-order valence-corrected chi connectivity index (χ1v) is 4.81. The summed E-state index contributed by atoms with van der Waals surface area (Å²) in [5.41, 5.74) is 1.83. The molecule has 0 spiro atoms. The Hall–Kier alpha value is -0.0400. The average molecular weight is 169 g/mol. The Labute approximate surface area is 76.5 Å². The average Bonchev–Trinajstić information content (AvgIpc) is 2.37. The van der Waals surface area contributed by atoms with E-state index < -0.39 is 0 Å². The van der Waals surface area contributed by atoms with Gasteiger partial charge in [-0.2, -0.15) is 0 Å². The minimum absolute atomic E-state index is 0. The van der Waals surface area contributed by atoms with Crippen molar-refractivity contribution < 1.29 is 0 Å². The first-order valence-electron chi connectivity index (χ1n) is 4.81. The van der Waals surface area contributed by atoms with Crippen molar-refractivity contribution in [3.8, 4) is 0 Å². The van der Waals surface area contributed by atoms with Crippen LogP contribution in [0.1, 0.15) is 47.5 Å². The molecule has 2 aliphatic rings. The molecule has 3 N–H and O–H groups in total. The van der Waals surface area contributed by atoms with Crippen molar-refractivity contribution in [3.05, 3.63) is 0 Å². The maximum absolute atomic E-state index is 2.48. The van der Waals surface area contributed by atoms with Gasteiger partial charge in [0.15, 0.2) is 0 Å². The highest BCUT2D eigenvalue weighted by molar-refractivity contribution is 5.18. The van der Waals surface area contributed by atoms with E-state index in [1.807, 2.05) is 0 Å². The molecule has 0 heterocycles. The van der Waals surface area contributed by atoms with Crippen LogP contribution in [0.4, 0.5) is 0 Å². The van der Waals surface area contributed by atoms with Crippen molar-refractivity contribution in [3.63, 3.8) is 0 Å². The zero-order valence-corrected chi connectivity index (χ0v) is 9.20. The Morgan fingerprint density at radius 1 is 0.917 bits per heavy atom. The molecular weight excluding hydrogens is 146 g/mol. The zero-order valence-electron chi connectivity index (χ0n) is 9.20. The summed E-state index contributed by atoms with van der Waals surface area (Å²) in [4.78, 5) is 0. The molecule has 0 radical (unpaired) electrons. The van der Waals surface area contributed by atoms with E-state index in [0.717, 1.165) is 5.92 Å². The normalized spacial score (nSPS) is 46.2. The van der Waals surface area contributed by atoms with Crippen molar-refractivity contribution in [2.24, 2.45) is 22.2 Å². The number of fused-ring (bicyclic) bond motifs is 1. The topological polar surface area (TPSA) is 35.0 Å². The molecule has 0 aromatic heterocycles. The molecule has 0 saturated heterocycles. The standard InChI is InChI=1S/C11H20.H3N/c1-9(2)6-8-7-11(8,5)10(9,3)4;/h8H,6-7H2,1-5H3;1H3. The molecule has 0 bridgehead atoms. The van der Waals surface area contributed by atoms with Crippen LogP contribution in [0.15, 0.2) is 0 Å². The molecule has 2 rings (SSSR count). The van der Waals surface area contributed by atoms with Crippen molar-refractivity contribution >= 4 is 0 Å². The fourth-order valence-corrected chi connectivity index (χ4v) is 3.16. The van der Waals surface area contributed by atoms with Gasteiger partial charge in [-0.1, -0.05) is 34.6 Å². The Morgan fingerprint density at radius 2 is 1.42 bits per heavy atom. The van der Waals surface area contributed by atoms with Crippen LogP contribution in [0, 0.1) is 22.2 Å². The van der Waals surface area contributed by atoms with Crippen LogP contribution in [-0.2, 0) is 0 Å². The predicted octanol–water partition coefficient (Wildman–Crippen LogP) is 3.63. The van der Waals surface area contributed by atoms with Gasteiger partial charge in [0.1, 0.15) is 0 Å². The number of hydrogen-bond donors (Lipinski definition) is 1. The molecule has 2 aliphatic carbocycles. The molecule has 2 atom stereocenters. The van der Waals surface area contributed by atoms with Crippen molar-refractivity contribution in [2.45, 2.75) is 47.5 Å². The highest BCUT2D eigenvalue weighted by Gasteiger charge is 2.69. The number of hydrogen-bond acceptors (Lipinski definition) is 1. The second kappa shape index (κ2) is 2.06. The van der Waals surface area contributed by atoms with Gasteiger partial charge in [0.2, 0.25) is 0 Å². The number of rotatable bonds is 0. The fraction of sp³-hybridized carbons (Fsp3) is 1.00. The third kappa shape index (κ3) is 0.783. The van der Waals surface area contributed by atoms with E-state index >= 15 is 0 Å². The summed E-state index contributed by atoms with van der Waals surface area (Å²) in [6.07, 6.45) is 2.94. The van der Waals surface area contributed by atoms with Crippen molar-refractivity contribution in [1.82, 2.24) is 6.15 Å². The molecule has 0 aliphatic heterocycles. The first-order chi connectivity index (χ1) is 4.81. The maximum Gasteiger partial charge on any atom is -0.0238 e. The van der Waals surface area contributed by atoms with Gasteiger partial charge >= 0.3 is 0 Å². The quantitative estimate of drug-likeness (QED) is 0.590. The van der Waals surface area contributed by atoms with Crippen LogP contribution in [0.3, 0.4) is 0 Å². The van der Waals surface area contributed by atoms with Gasteiger partial charge in [0.05, 0.1) is 0 Å². The second-order valence-electron chi connectivity index (χ2n) is 6.03. The Morgan fingerprint density at radius 3 is 1.58 bits per heavy atom. The lowest BCUT2D eigenvalue weighted by Crippen LogP contribution is -2.34. The smallest absolute Gasteiger partial charge is 0.0238 e. The third-order valence-electron chi connectivity index (χ3n) is 5.29. The molecule has 2 fully saturated rings. The van der Waals surface area contributed by atoms with Crippen LogP contribution in [0.2, 0.25) is 0 Å². The van der Waals surface area contributed by atoms with E-state index in [1.54, 1.807) is 0 Å². The summed E-state index contributed by atoms with van der Waals surface area (Å²) in [5.74, 6) is 1.05. The molecule has 0 aromatic carbocycles. The van der Waals surface area contributed by atoms with Gasteiger partial charge in [0, 0.05) is 0 Å². The SMILES string of the molecule is CC1(C)CC2CC2(C)C1(C)C.N. The summed E-state index contributed by atoms with van der Waals surface area (Å²) in [7, 11) is 0. The lowest BCUT2D eigenvalue weighted by Gasteiger charge is -2.41. The molecule has 12 heavy (non-hydrogen) atoms. The Balaban J connectivity index is 0.000000720. The van der Waals surface area contributed by atoms with E-state index in [2.05, 4.69) is 34.6 Å². The summed E-state index contributed by atoms with van der Waals surface area (Å²) in [6, 6.07) is 0. The predicted molar refractivity (Wildman–Crippen MR) is 53.4 cm³/mol. The molecule has 2 saturated carbocycles. The van der Waals surface area contributed by atoms with E-state index in [9.17, 15) is 0 Å². The van der Waals surface area contributed by atoms with Crippen LogP contribution in [-0.4, -0.2) is 0 Å². The Kier molecular flexibility index (Phi) is 1.73. The lowest BCUT2D eigenvalue weighted by molar-refractivity contribution is 0.0736. The van der Waals surface area contributed by atoms with Crippen LogP contribution in [0.25, 0.3) is 0 Å². The maximum atomic E-state index is 2.48. The lowest BCUT2D eigenvalue weighted by atomic mass is 9.63. The Bertz CT molecular complexity index is 198. The van der Waals surface area contributed by atoms with Crippen LogP contribution >= 0.6 is 0 Å². The van der Waals surface area contributed by atoms with Gasteiger partial charge in [-0.15, -0.1) is 0 Å². The zero-order chi connectivity index (χ0) is 8.49. The first kappa shape index (κ1) is 10.0. The highest BCUT2D eigenvalue weighted by Crippen LogP contribution is 2.77. The fourth-order valence-electron chi connectivity index (χ4n) is 3.16. The van der Waals surface area contributed by atoms with Crippen molar-refractivity contribution in [1.29, 1.82) is 0 Å². The van der Waals surface area contributed by atoms with Gasteiger partial charge in [-0.05, 0) is 35.0 Å². The summed E-state index contributed by atoms with van der Waals surface area (Å²) < 4.78 is 0. The van der Waals surface area contributed by atoms with E-state index in [0.29, 0.717) is 16.2 Å².